The molecule has 28 heavy (non-hydrogen) atoms. The van der Waals surface area contributed by atoms with Crippen LogP contribution in [0.2, 0.25) is 0 Å². The van der Waals surface area contributed by atoms with Gasteiger partial charge in [-0.1, -0.05) is 6.07 Å². The maximum Gasteiger partial charge on any atom is 0.245 e. The van der Waals surface area contributed by atoms with Crippen LogP contribution >= 0.6 is 0 Å². The fourth-order valence-corrected chi connectivity index (χ4v) is 3.47. The highest BCUT2D eigenvalue weighted by molar-refractivity contribution is 5.80. The zero-order chi connectivity index (χ0) is 19.7. The number of hydrogen-bond donors (Lipinski definition) is 0. The van der Waals surface area contributed by atoms with E-state index in [1.807, 2.05) is 59.8 Å². The van der Waals surface area contributed by atoms with E-state index in [2.05, 4.69) is 9.97 Å². The van der Waals surface area contributed by atoms with Gasteiger partial charge in [-0.2, -0.15) is 0 Å². The molecule has 144 valence electrons. The second kappa shape index (κ2) is 7.38. The highest BCUT2D eigenvalue weighted by Gasteiger charge is 2.29. The van der Waals surface area contributed by atoms with Crippen LogP contribution in [0.5, 0.6) is 0 Å². The third kappa shape index (κ3) is 3.33. The predicted octanol–water partition coefficient (Wildman–Crippen LogP) is 1.95. The number of nitrogens with zero attached hydrogens (tertiary/aromatic N) is 7. The monoisotopic (exact) mass is 377 g/mol. The van der Waals surface area contributed by atoms with E-state index < -0.39 is 0 Å². The summed E-state index contributed by atoms with van der Waals surface area (Å²) in [7, 11) is 3.95. The number of carbonyl (C=O) groups excluding carboxylic acids is 1. The van der Waals surface area contributed by atoms with Crippen LogP contribution in [0.25, 0.3) is 11.5 Å². The number of imidazole rings is 1. The lowest BCUT2D eigenvalue weighted by atomic mass is 10.0. The van der Waals surface area contributed by atoms with Crippen LogP contribution in [-0.2, 0) is 17.8 Å². The Kier molecular flexibility index (Phi) is 4.77. The van der Waals surface area contributed by atoms with Gasteiger partial charge in [0.2, 0.25) is 5.91 Å². The molecule has 0 spiro atoms. The summed E-state index contributed by atoms with van der Waals surface area (Å²) >= 11 is 0. The third-order valence-corrected chi connectivity index (χ3v) is 5.00. The number of amides is 1. The minimum atomic E-state index is -0.297. The van der Waals surface area contributed by atoms with Crippen molar-refractivity contribution < 1.29 is 4.79 Å². The molecule has 3 aromatic heterocycles. The summed E-state index contributed by atoms with van der Waals surface area (Å²) in [5, 5.41) is 0. The molecule has 0 saturated heterocycles. The van der Waals surface area contributed by atoms with Crippen molar-refractivity contribution in [2.45, 2.75) is 25.9 Å². The molecular weight excluding hydrogens is 354 g/mol. The molecule has 0 radical (unpaired) electrons. The molecule has 1 unspecified atom stereocenters. The van der Waals surface area contributed by atoms with Gasteiger partial charge in [0.05, 0.1) is 18.6 Å². The molecule has 3 aromatic rings. The molecule has 1 atom stereocenters. The Balaban J connectivity index is 1.67. The van der Waals surface area contributed by atoms with E-state index in [0.29, 0.717) is 18.9 Å². The van der Waals surface area contributed by atoms with Crippen molar-refractivity contribution in [1.29, 1.82) is 0 Å². The van der Waals surface area contributed by atoms with Gasteiger partial charge < -0.3 is 14.4 Å². The standard InChI is InChI=1S/C20H23N7O/c1-14(27-11-9-21-13-27)20(28)26-10-7-15-17(12-26)23-18(24-19(15)25(2)3)16-6-4-5-8-22-16/h4-6,8-9,11,13-14H,7,10,12H2,1-3H3. The van der Waals surface area contributed by atoms with Crippen LogP contribution in [0.4, 0.5) is 5.82 Å². The topological polar surface area (TPSA) is 80.0 Å². The van der Waals surface area contributed by atoms with Crippen LogP contribution in [0.1, 0.15) is 24.2 Å². The summed E-state index contributed by atoms with van der Waals surface area (Å²) in [5.74, 6) is 1.54. The van der Waals surface area contributed by atoms with Crippen molar-refractivity contribution in [2.24, 2.45) is 0 Å². The third-order valence-electron chi connectivity index (χ3n) is 5.00. The summed E-state index contributed by atoms with van der Waals surface area (Å²) in [6.45, 7) is 3.01. The lowest BCUT2D eigenvalue weighted by Gasteiger charge is -2.32. The van der Waals surface area contributed by atoms with Crippen LogP contribution in [0.3, 0.4) is 0 Å². The fraction of sp³-hybridized carbons (Fsp3) is 0.350. The molecule has 1 aliphatic rings. The van der Waals surface area contributed by atoms with Crippen molar-refractivity contribution in [2.75, 3.05) is 25.5 Å². The zero-order valence-electron chi connectivity index (χ0n) is 16.3. The fourth-order valence-electron chi connectivity index (χ4n) is 3.47. The van der Waals surface area contributed by atoms with Gasteiger partial charge in [-0.3, -0.25) is 9.78 Å². The van der Waals surface area contributed by atoms with Crippen LogP contribution in [0, 0.1) is 0 Å². The van der Waals surface area contributed by atoms with E-state index in [4.69, 9.17) is 9.97 Å². The number of pyridine rings is 1. The molecule has 0 aliphatic carbocycles. The van der Waals surface area contributed by atoms with Crippen LogP contribution in [-0.4, -0.2) is 56.0 Å². The largest absolute Gasteiger partial charge is 0.362 e. The first-order valence-corrected chi connectivity index (χ1v) is 9.29. The van der Waals surface area contributed by atoms with E-state index in [-0.39, 0.29) is 11.9 Å². The van der Waals surface area contributed by atoms with Gasteiger partial charge in [0.1, 0.15) is 17.6 Å². The van der Waals surface area contributed by atoms with E-state index in [0.717, 1.165) is 29.2 Å². The maximum absolute atomic E-state index is 13.0. The van der Waals surface area contributed by atoms with Gasteiger partial charge in [-0.05, 0) is 25.5 Å². The molecule has 8 heteroatoms. The minimum absolute atomic E-state index is 0.0630. The minimum Gasteiger partial charge on any atom is -0.362 e. The summed E-state index contributed by atoms with van der Waals surface area (Å²) in [6, 6.07) is 5.39. The molecule has 1 amide bonds. The molecule has 8 nitrogen and oxygen atoms in total. The Bertz CT molecular complexity index is 970. The van der Waals surface area contributed by atoms with Gasteiger partial charge in [-0.25, -0.2) is 15.0 Å². The Hall–Kier alpha value is -3.29. The number of carbonyl (C=O) groups is 1. The molecule has 4 rings (SSSR count). The van der Waals surface area contributed by atoms with Crippen molar-refractivity contribution in [3.8, 4) is 11.5 Å². The molecule has 1 aliphatic heterocycles. The molecule has 0 N–H and O–H groups in total. The average Bonchev–Trinajstić information content (AvgIpc) is 3.26. The summed E-state index contributed by atoms with van der Waals surface area (Å²) in [4.78, 5) is 34.8. The van der Waals surface area contributed by atoms with Crippen LogP contribution < -0.4 is 4.90 Å². The number of anilines is 1. The molecule has 0 bridgehead atoms. The average molecular weight is 377 g/mol. The number of aromatic nitrogens is 5. The highest BCUT2D eigenvalue weighted by Crippen LogP contribution is 2.28. The van der Waals surface area contributed by atoms with E-state index >= 15 is 0 Å². The lowest BCUT2D eigenvalue weighted by Crippen LogP contribution is -2.40. The molecule has 4 heterocycles. The molecule has 0 aromatic carbocycles. The van der Waals surface area contributed by atoms with Crippen molar-refractivity contribution in [3.05, 3.63) is 54.4 Å². The Morgan fingerprint density at radius 2 is 2.07 bits per heavy atom. The van der Waals surface area contributed by atoms with Crippen molar-refractivity contribution >= 4 is 11.7 Å². The first-order chi connectivity index (χ1) is 13.5. The first-order valence-electron chi connectivity index (χ1n) is 9.29. The second-order valence-corrected chi connectivity index (χ2v) is 7.10. The van der Waals surface area contributed by atoms with Gasteiger partial charge in [0, 0.05) is 44.8 Å². The summed E-state index contributed by atoms with van der Waals surface area (Å²) in [5.41, 5.74) is 2.71. The Labute approximate surface area is 163 Å². The number of rotatable bonds is 4. The normalized spacial score (nSPS) is 14.5. The van der Waals surface area contributed by atoms with E-state index in [1.165, 1.54) is 0 Å². The van der Waals surface area contributed by atoms with Crippen LogP contribution in [0.15, 0.2) is 43.1 Å². The zero-order valence-corrected chi connectivity index (χ0v) is 16.3. The SMILES string of the molecule is CC(C(=O)N1CCc2c(nc(-c3ccccn3)nc2N(C)C)C1)n1ccnc1. The second-order valence-electron chi connectivity index (χ2n) is 7.10. The van der Waals surface area contributed by atoms with Gasteiger partial charge in [0.15, 0.2) is 5.82 Å². The van der Waals surface area contributed by atoms with Crippen molar-refractivity contribution in [3.63, 3.8) is 0 Å². The predicted molar refractivity (Wildman–Crippen MR) is 106 cm³/mol. The van der Waals surface area contributed by atoms with Gasteiger partial charge in [-0.15, -0.1) is 0 Å². The van der Waals surface area contributed by atoms with Gasteiger partial charge in [0.25, 0.3) is 0 Å². The van der Waals surface area contributed by atoms with E-state index in [1.54, 1.807) is 18.7 Å². The molecular formula is C20H23N7O. The molecule has 0 fully saturated rings. The Morgan fingerprint density at radius 1 is 1.21 bits per heavy atom. The number of hydrogen-bond acceptors (Lipinski definition) is 6. The highest BCUT2D eigenvalue weighted by atomic mass is 16.2. The lowest BCUT2D eigenvalue weighted by molar-refractivity contribution is -0.135. The Morgan fingerprint density at radius 3 is 2.75 bits per heavy atom. The quantitative estimate of drug-likeness (QED) is 0.691. The maximum atomic E-state index is 13.0. The first kappa shape index (κ1) is 18.1. The van der Waals surface area contributed by atoms with Crippen molar-refractivity contribution in [1.82, 2.24) is 29.4 Å². The summed E-state index contributed by atoms with van der Waals surface area (Å²) < 4.78 is 1.82. The van der Waals surface area contributed by atoms with Gasteiger partial charge >= 0.3 is 0 Å². The van der Waals surface area contributed by atoms with E-state index in [9.17, 15) is 4.79 Å². The molecule has 0 saturated carbocycles. The summed E-state index contributed by atoms with van der Waals surface area (Å²) in [6.07, 6.45) is 7.63. The smallest absolute Gasteiger partial charge is 0.245 e. The number of fused-ring (bicyclic) bond motifs is 1.